The third kappa shape index (κ3) is 3.11. The molecular formula is C24H18FN5O. The zero-order chi connectivity index (χ0) is 21.5. The summed E-state index contributed by atoms with van der Waals surface area (Å²) >= 11 is 0. The van der Waals surface area contributed by atoms with Gasteiger partial charge in [0.1, 0.15) is 17.0 Å². The van der Waals surface area contributed by atoms with E-state index in [1.807, 2.05) is 25.1 Å². The number of rotatable bonds is 3. The number of aryl methyl sites for hydroxylation is 1. The summed E-state index contributed by atoms with van der Waals surface area (Å²) < 4.78 is 15.1. The van der Waals surface area contributed by atoms with Crippen LogP contribution in [0.4, 0.5) is 4.39 Å². The van der Waals surface area contributed by atoms with Crippen LogP contribution in [0.1, 0.15) is 15.9 Å². The number of carbonyl (C=O) groups excluding carboxylic acids is 1. The monoisotopic (exact) mass is 411 g/mol. The minimum absolute atomic E-state index is 0.232. The molecule has 31 heavy (non-hydrogen) atoms. The number of nitrogens with zero attached hydrogens (tertiary/aromatic N) is 3. The molecule has 2 N–H and O–H groups in total. The molecule has 0 radical (unpaired) electrons. The standard InChI is InChI=1S/C24H18FN5O/c1-13-3-5-27-11-19(13)16-4-6-28-22-17(16)7-14(9-21(22)25)20-12-30-23-18(20)8-15(10-29-23)24(31)26-2/h3-12H,1-2H3,(H,26,31)(H,29,30). The predicted octanol–water partition coefficient (Wildman–Crippen LogP) is 4.65. The predicted molar refractivity (Wildman–Crippen MR) is 118 cm³/mol. The summed E-state index contributed by atoms with van der Waals surface area (Å²) in [4.78, 5) is 28.0. The molecular weight excluding hydrogens is 393 g/mol. The van der Waals surface area contributed by atoms with Crippen LogP contribution in [0.25, 0.3) is 44.2 Å². The van der Waals surface area contributed by atoms with E-state index < -0.39 is 5.82 Å². The average Bonchev–Trinajstić information content (AvgIpc) is 3.22. The molecule has 6 nitrogen and oxygen atoms in total. The Labute approximate surface area is 177 Å². The van der Waals surface area contributed by atoms with Gasteiger partial charge in [0.15, 0.2) is 0 Å². The molecule has 5 aromatic rings. The number of pyridine rings is 3. The number of aromatic nitrogens is 4. The number of carbonyl (C=O) groups is 1. The van der Waals surface area contributed by atoms with E-state index in [-0.39, 0.29) is 5.91 Å². The van der Waals surface area contributed by atoms with Gasteiger partial charge in [-0.25, -0.2) is 9.37 Å². The van der Waals surface area contributed by atoms with Crippen molar-refractivity contribution in [3.05, 3.63) is 78.3 Å². The van der Waals surface area contributed by atoms with E-state index in [2.05, 4.69) is 25.3 Å². The van der Waals surface area contributed by atoms with Gasteiger partial charge in [-0.05, 0) is 53.9 Å². The van der Waals surface area contributed by atoms with E-state index in [0.717, 1.165) is 27.6 Å². The number of fused-ring (bicyclic) bond motifs is 2. The van der Waals surface area contributed by atoms with Crippen LogP contribution < -0.4 is 5.32 Å². The lowest BCUT2D eigenvalue weighted by molar-refractivity contribution is 0.0963. The fourth-order valence-electron chi connectivity index (χ4n) is 3.86. The Morgan fingerprint density at radius 1 is 1.00 bits per heavy atom. The minimum Gasteiger partial charge on any atom is -0.355 e. The highest BCUT2D eigenvalue weighted by Crippen LogP contribution is 2.36. The number of benzene rings is 1. The first-order valence-electron chi connectivity index (χ1n) is 9.75. The number of hydrogen-bond acceptors (Lipinski definition) is 4. The summed E-state index contributed by atoms with van der Waals surface area (Å²) in [7, 11) is 1.57. The molecule has 0 aliphatic heterocycles. The van der Waals surface area contributed by atoms with Crippen LogP contribution in [-0.2, 0) is 0 Å². The van der Waals surface area contributed by atoms with Gasteiger partial charge >= 0.3 is 0 Å². The lowest BCUT2D eigenvalue weighted by Crippen LogP contribution is -2.17. The molecule has 0 atom stereocenters. The Morgan fingerprint density at radius 2 is 1.87 bits per heavy atom. The number of H-pyrrole nitrogens is 1. The van der Waals surface area contributed by atoms with Crippen molar-refractivity contribution < 1.29 is 9.18 Å². The summed E-state index contributed by atoms with van der Waals surface area (Å²) in [5, 5.41) is 4.03. The lowest BCUT2D eigenvalue weighted by Gasteiger charge is -2.11. The largest absolute Gasteiger partial charge is 0.355 e. The summed E-state index contributed by atoms with van der Waals surface area (Å²) in [6.07, 6.45) is 8.40. The molecule has 1 amide bonds. The molecule has 1 aromatic carbocycles. The van der Waals surface area contributed by atoms with Crippen LogP contribution in [0.15, 0.2) is 61.3 Å². The van der Waals surface area contributed by atoms with E-state index in [1.165, 1.54) is 12.3 Å². The normalized spacial score (nSPS) is 11.2. The number of aromatic amines is 1. The van der Waals surface area contributed by atoms with Gasteiger partial charge in [-0.2, -0.15) is 0 Å². The van der Waals surface area contributed by atoms with Gasteiger partial charge in [0.2, 0.25) is 0 Å². The Hall–Kier alpha value is -4.13. The Bertz CT molecular complexity index is 1470. The molecule has 0 unspecified atom stereocenters. The lowest BCUT2D eigenvalue weighted by atomic mass is 9.96. The Morgan fingerprint density at radius 3 is 2.68 bits per heavy atom. The highest BCUT2D eigenvalue weighted by atomic mass is 19.1. The van der Waals surface area contributed by atoms with Crippen LogP contribution in [-0.4, -0.2) is 32.9 Å². The van der Waals surface area contributed by atoms with Crippen molar-refractivity contribution >= 4 is 27.8 Å². The maximum Gasteiger partial charge on any atom is 0.252 e. The van der Waals surface area contributed by atoms with Gasteiger partial charge in [-0.15, -0.1) is 0 Å². The Balaban J connectivity index is 1.76. The molecule has 0 fully saturated rings. The third-order valence-corrected chi connectivity index (χ3v) is 5.46. The summed E-state index contributed by atoms with van der Waals surface area (Å²) in [5.41, 5.74) is 5.61. The van der Waals surface area contributed by atoms with Crippen molar-refractivity contribution in [2.45, 2.75) is 6.92 Å². The molecule has 5 rings (SSSR count). The average molecular weight is 411 g/mol. The molecule has 0 spiro atoms. The molecule has 4 aromatic heterocycles. The Kier molecular flexibility index (Phi) is 4.43. The summed E-state index contributed by atoms with van der Waals surface area (Å²) in [5.74, 6) is -0.648. The van der Waals surface area contributed by atoms with Crippen LogP contribution in [0, 0.1) is 12.7 Å². The maximum atomic E-state index is 15.1. The third-order valence-electron chi connectivity index (χ3n) is 5.46. The number of nitrogens with one attached hydrogen (secondary N) is 2. The number of hydrogen-bond donors (Lipinski definition) is 2. The van der Waals surface area contributed by atoms with Crippen molar-refractivity contribution in [2.75, 3.05) is 7.05 Å². The smallest absolute Gasteiger partial charge is 0.252 e. The van der Waals surface area contributed by atoms with E-state index in [1.54, 1.807) is 37.9 Å². The molecule has 152 valence electrons. The molecule has 0 aliphatic rings. The summed E-state index contributed by atoms with van der Waals surface area (Å²) in [6.45, 7) is 2.00. The first-order valence-corrected chi connectivity index (χ1v) is 9.75. The van der Waals surface area contributed by atoms with Crippen molar-refractivity contribution in [1.82, 2.24) is 25.3 Å². The SMILES string of the molecule is CNC(=O)c1cnc2[nH]cc(-c3cc(F)c4nccc(-c5cnccc5C)c4c3)c2c1. The fourth-order valence-corrected chi connectivity index (χ4v) is 3.86. The van der Waals surface area contributed by atoms with Crippen LogP contribution in [0.5, 0.6) is 0 Å². The van der Waals surface area contributed by atoms with Crippen LogP contribution >= 0.6 is 0 Å². The molecule has 0 bridgehead atoms. The van der Waals surface area contributed by atoms with E-state index in [4.69, 9.17) is 0 Å². The van der Waals surface area contributed by atoms with Gasteiger partial charge in [-0.3, -0.25) is 14.8 Å². The van der Waals surface area contributed by atoms with Crippen molar-refractivity contribution in [1.29, 1.82) is 0 Å². The quantitative estimate of drug-likeness (QED) is 0.453. The van der Waals surface area contributed by atoms with Gasteiger partial charge in [-0.1, -0.05) is 0 Å². The second-order valence-electron chi connectivity index (χ2n) is 7.30. The van der Waals surface area contributed by atoms with Crippen molar-refractivity contribution in [3.8, 4) is 22.3 Å². The zero-order valence-electron chi connectivity index (χ0n) is 16.9. The van der Waals surface area contributed by atoms with Gasteiger partial charge in [0.25, 0.3) is 5.91 Å². The molecule has 0 saturated heterocycles. The van der Waals surface area contributed by atoms with E-state index in [0.29, 0.717) is 27.7 Å². The van der Waals surface area contributed by atoms with E-state index >= 15 is 4.39 Å². The van der Waals surface area contributed by atoms with Gasteiger partial charge < -0.3 is 10.3 Å². The second kappa shape index (κ2) is 7.28. The van der Waals surface area contributed by atoms with Crippen molar-refractivity contribution in [2.24, 2.45) is 0 Å². The van der Waals surface area contributed by atoms with Crippen LogP contribution in [0.3, 0.4) is 0 Å². The summed E-state index contributed by atoms with van der Waals surface area (Å²) in [6, 6.07) is 8.93. The fraction of sp³-hybridized carbons (Fsp3) is 0.0833. The molecule has 0 aliphatic carbocycles. The molecule has 7 heteroatoms. The highest BCUT2D eigenvalue weighted by Gasteiger charge is 2.16. The minimum atomic E-state index is -0.416. The van der Waals surface area contributed by atoms with Gasteiger partial charge in [0, 0.05) is 59.9 Å². The zero-order valence-corrected chi connectivity index (χ0v) is 16.9. The van der Waals surface area contributed by atoms with Crippen molar-refractivity contribution in [3.63, 3.8) is 0 Å². The molecule has 0 saturated carbocycles. The number of halogens is 1. The second-order valence-corrected chi connectivity index (χ2v) is 7.30. The highest BCUT2D eigenvalue weighted by molar-refractivity contribution is 6.03. The van der Waals surface area contributed by atoms with Gasteiger partial charge in [0.05, 0.1) is 5.56 Å². The molecule has 4 heterocycles. The maximum absolute atomic E-state index is 15.1. The number of amides is 1. The first-order chi connectivity index (χ1) is 15.1. The topological polar surface area (TPSA) is 83.6 Å². The first kappa shape index (κ1) is 18.9. The van der Waals surface area contributed by atoms with E-state index in [9.17, 15) is 4.79 Å². The van der Waals surface area contributed by atoms with Crippen LogP contribution in [0.2, 0.25) is 0 Å².